The zero-order chi connectivity index (χ0) is 29.4. The summed E-state index contributed by atoms with van der Waals surface area (Å²) in [5.74, 6) is -0.858. The number of nitro groups is 1. The molecule has 2 amide bonds. The quantitative estimate of drug-likeness (QED) is 0.243. The molecule has 0 fully saturated rings. The Morgan fingerprint density at radius 1 is 0.975 bits per heavy atom. The van der Waals surface area contributed by atoms with Gasteiger partial charge in [-0.2, -0.15) is 0 Å². The Bertz CT molecular complexity index is 1450. The molecule has 0 bridgehead atoms. The van der Waals surface area contributed by atoms with Gasteiger partial charge >= 0.3 is 0 Å². The van der Waals surface area contributed by atoms with E-state index >= 15 is 0 Å². The van der Waals surface area contributed by atoms with Crippen molar-refractivity contribution in [3.05, 3.63) is 99.6 Å². The normalized spacial score (nSPS) is 12.0. The predicted molar refractivity (Wildman–Crippen MR) is 153 cm³/mol. The zero-order valence-electron chi connectivity index (χ0n) is 22.4. The summed E-state index contributed by atoms with van der Waals surface area (Å²) in [5, 5.41) is 14.4. The molecular formula is C28H31ClN4O6S. The van der Waals surface area contributed by atoms with Gasteiger partial charge in [-0.3, -0.25) is 24.0 Å². The van der Waals surface area contributed by atoms with E-state index in [4.69, 9.17) is 11.6 Å². The fourth-order valence-electron chi connectivity index (χ4n) is 3.86. The number of nitrogens with zero attached hydrogens (tertiary/aromatic N) is 3. The lowest BCUT2D eigenvalue weighted by atomic mass is 10.1. The van der Waals surface area contributed by atoms with E-state index in [1.807, 2.05) is 13.8 Å². The average molecular weight is 587 g/mol. The van der Waals surface area contributed by atoms with E-state index in [9.17, 15) is 28.1 Å². The third-order valence-electron chi connectivity index (χ3n) is 6.05. The highest BCUT2D eigenvalue weighted by molar-refractivity contribution is 7.92. The van der Waals surface area contributed by atoms with Crippen LogP contribution in [0.3, 0.4) is 0 Å². The van der Waals surface area contributed by atoms with Crippen molar-refractivity contribution in [3.8, 4) is 0 Å². The number of carbonyl (C=O) groups excluding carboxylic acids is 2. The molecule has 212 valence electrons. The van der Waals surface area contributed by atoms with Crippen molar-refractivity contribution in [1.29, 1.82) is 0 Å². The van der Waals surface area contributed by atoms with Crippen molar-refractivity contribution in [1.82, 2.24) is 10.2 Å². The van der Waals surface area contributed by atoms with Gasteiger partial charge in [-0.15, -0.1) is 0 Å². The molecule has 3 rings (SSSR count). The minimum Gasteiger partial charge on any atom is -0.354 e. The standard InChI is InChI=1S/C28H31ClN4O6S/c1-20(2)17-30-28(35)21(3)31(18-22-8-7-9-23(29)16-22)27(34)19-32(24-12-14-25(15-13-24)33(36)37)40(38,39)26-10-5-4-6-11-26/h4-16,20-21H,17-19H2,1-3H3,(H,30,35). The maximum absolute atomic E-state index is 13.9. The van der Waals surface area contributed by atoms with E-state index in [0.29, 0.717) is 17.1 Å². The van der Waals surface area contributed by atoms with Crippen LogP contribution < -0.4 is 9.62 Å². The second-order valence-corrected chi connectivity index (χ2v) is 11.9. The van der Waals surface area contributed by atoms with Gasteiger partial charge in [0.15, 0.2) is 0 Å². The molecule has 1 atom stereocenters. The van der Waals surface area contributed by atoms with Crippen LogP contribution >= 0.6 is 11.6 Å². The van der Waals surface area contributed by atoms with Crippen LogP contribution in [0.1, 0.15) is 26.3 Å². The van der Waals surface area contributed by atoms with Crippen LogP contribution in [0.15, 0.2) is 83.8 Å². The predicted octanol–water partition coefficient (Wildman–Crippen LogP) is 4.63. The van der Waals surface area contributed by atoms with Gasteiger partial charge in [0.05, 0.1) is 15.5 Å². The average Bonchev–Trinajstić information content (AvgIpc) is 2.93. The molecule has 0 saturated heterocycles. The molecule has 0 aliphatic rings. The van der Waals surface area contributed by atoms with Gasteiger partial charge in [0.1, 0.15) is 12.6 Å². The summed E-state index contributed by atoms with van der Waals surface area (Å²) in [6, 6.07) is 18.3. The summed E-state index contributed by atoms with van der Waals surface area (Å²) >= 11 is 6.14. The number of rotatable bonds is 12. The lowest BCUT2D eigenvalue weighted by Gasteiger charge is -2.32. The third-order valence-corrected chi connectivity index (χ3v) is 8.08. The van der Waals surface area contributed by atoms with Crippen LogP contribution in [0.4, 0.5) is 11.4 Å². The van der Waals surface area contributed by atoms with Crippen molar-refractivity contribution in [2.75, 3.05) is 17.4 Å². The van der Waals surface area contributed by atoms with Crippen LogP contribution in [0.5, 0.6) is 0 Å². The Labute approximate surface area is 238 Å². The van der Waals surface area contributed by atoms with Gasteiger partial charge in [-0.05, 0) is 54.8 Å². The molecule has 0 spiro atoms. The van der Waals surface area contributed by atoms with Gasteiger partial charge in [0, 0.05) is 30.2 Å². The van der Waals surface area contributed by atoms with E-state index in [-0.39, 0.29) is 28.7 Å². The zero-order valence-corrected chi connectivity index (χ0v) is 23.9. The number of sulfonamides is 1. The molecule has 12 heteroatoms. The van der Waals surface area contributed by atoms with Gasteiger partial charge < -0.3 is 10.2 Å². The Morgan fingerprint density at radius 3 is 2.20 bits per heavy atom. The van der Waals surface area contributed by atoms with Crippen LogP contribution in [-0.2, 0) is 26.2 Å². The van der Waals surface area contributed by atoms with Crippen LogP contribution in [-0.4, -0.2) is 49.2 Å². The van der Waals surface area contributed by atoms with Gasteiger partial charge in [0.25, 0.3) is 15.7 Å². The SMILES string of the molecule is CC(C)CNC(=O)C(C)N(Cc1cccc(Cl)c1)C(=O)CN(c1ccc([N+](=O)[O-])cc1)S(=O)(=O)c1ccccc1. The Morgan fingerprint density at radius 2 is 1.62 bits per heavy atom. The topological polar surface area (TPSA) is 130 Å². The molecule has 0 saturated carbocycles. The molecular weight excluding hydrogens is 556 g/mol. The number of non-ortho nitro benzene ring substituents is 1. The van der Waals surface area contributed by atoms with E-state index < -0.39 is 39.3 Å². The van der Waals surface area contributed by atoms with Gasteiger partial charge in [-0.1, -0.05) is 55.8 Å². The Kier molecular flexibility index (Phi) is 10.2. The van der Waals surface area contributed by atoms with E-state index in [1.165, 1.54) is 41.3 Å². The number of carbonyl (C=O) groups is 2. The largest absolute Gasteiger partial charge is 0.354 e. The van der Waals surface area contributed by atoms with Crippen molar-refractivity contribution in [2.24, 2.45) is 5.92 Å². The fraction of sp³-hybridized carbons (Fsp3) is 0.286. The number of benzene rings is 3. The summed E-state index contributed by atoms with van der Waals surface area (Å²) < 4.78 is 28.3. The highest BCUT2D eigenvalue weighted by atomic mass is 35.5. The second kappa shape index (κ2) is 13.4. The molecule has 0 radical (unpaired) electrons. The number of anilines is 1. The summed E-state index contributed by atoms with van der Waals surface area (Å²) in [6.07, 6.45) is 0. The Balaban J connectivity index is 2.02. The minimum absolute atomic E-state index is 0.00482. The number of hydrogen-bond acceptors (Lipinski definition) is 6. The van der Waals surface area contributed by atoms with Crippen molar-refractivity contribution in [2.45, 2.75) is 38.3 Å². The molecule has 0 aliphatic carbocycles. The van der Waals surface area contributed by atoms with Crippen LogP contribution in [0.2, 0.25) is 5.02 Å². The maximum atomic E-state index is 13.9. The monoisotopic (exact) mass is 586 g/mol. The molecule has 40 heavy (non-hydrogen) atoms. The first-order valence-corrected chi connectivity index (χ1v) is 14.4. The first-order chi connectivity index (χ1) is 18.9. The highest BCUT2D eigenvalue weighted by Crippen LogP contribution is 2.26. The van der Waals surface area contributed by atoms with Crippen LogP contribution in [0, 0.1) is 16.0 Å². The maximum Gasteiger partial charge on any atom is 0.269 e. The van der Waals surface area contributed by atoms with Crippen LogP contribution in [0.25, 0.3) is 0 Å². The number of nitro benzene ring substituents is 1. The Hall–Kier alpha value is -3.96. The number of hydrogen-bond donors (Lipinski definition) is 1. The summed E-state index contributed by atoms with van der Waals surface area (Å²) in [6.45, 7) is 5.19. The molecule has 0 heterocycles. The van der Waals surface area contributed by atoms with E-state index in [2.05, 4.69) is 5.32 Å². The number of nitrogens with one attached hydrogen (secondary N) is 1. The molecule has 0 aromatic heterocycles. The summed E-state index contributed by atoms with van der Waals surface area (Å²) in [7, 11) is -4.27. The summed E-state index contributed by atoms with van der Waals surface area (Å²) in [5.41, 5.74) is 0.477. The number of amides is 2. The molecule has 3 aromatic rings. The highest BCUT2D eigenvalue weighted by Gasteiger charge is 2.32. The lowest BCUT2D eigenvalue weighted by Crippen LogP contribution is -2.51. The van der Waals surface area contributed by atoms with Crippen molar-refractivity contribution >= 4 is 44.8 Å². The van der Waals surface area contributed by atoms with Gasteiger partial charge in [-0.25, -0.2) is 8.42 Å². The van der Waals surface area contributed by atoms with Crippen molar-refractivity contribution in [3.63, 3.8) is 0 Å². The molecule has 1 unspecified atom stereocenters. The third kappa shape index (κ3) is 7.80. The first kappa shape index (κ1) is 30.6. The second-order valence-electron chi connectivity index (χ2n) is 9.56. The molecule has 10 nitrogen and oxygen atoms in total. The minimum atomic E-state index is -4.27. The lowest BCUT2D eigenvalue weighted by molar-refractivity contribution is -0.384. The molecule has 3 aromatic carbocycles. The van der Waals surface area contributed by atoms with E-state index in [1.54, 1.807) is 49.4 Å². The molecule has 1 N–H and O–H groups in total. The molecule has 0 aliphatic heterocycles. The van der Waals surface area contributed by atoms with E-state index in [0.717, 1.165) is 4.31 Å². The van der Waals surface area contributed by atoms with Crippen molar-refractivity contribution < 1.29 is 22.9 Å². The summed E-state index contributed by atoms with van der Waals surface area (Å²) in [4.78, 5) is 38.6. The smallest absolute Gasteiger partial charge is 0.269 e. The number of halogens is 1. The first-order valence-electron chi connectivity index (χ1n) is 12.5. The fourth-order valence-corrected chi connectivity index (χ4v) is 5.50. The van der Waals surface area contributed by atoms with Gasteiger partial charge in [0.2, 0.25) is 11.8 Å².